The summed E-state index contributed by atoms with van der Waals surface area (Å²) in [7, 11) is 1.32. The molecule has 6 heteroatoms. The molecule has 1 heterocycles. The molecule has 0 spiro atoms. The van der Waals surface area contributed by atoms with Gasteiger partial charge in [-0.1, -0.05) is 0 Å². The molecular formula is C10H14ClNO4. The molecule has 1 rings (SSSR count). The summed E-state index contributed by atoms with van der Waals surface area (Å²) in [6.45, 7) is 2.00. The van der Waals surface area contributed by atoms with Gasteiger partial charge in [-0.3, -0.25) is 9.59 Å². The third-order valence-electron chi connectivity index (χ3n) is 2.20. The summed E-state index contributed by atoms with van der Waals surface area (Å²) >= 11 is 0. The minimum atomic E-state index is -0.415. The molecule has 0 saturated heterocycles. The number of aromatic nitrogens is 1. The van der Waals surface area contributed by atoms with E-state index in [9.17, 15) is 14.7 Å². The highest BCUT2D eigenvalue weighted by Gasteiger charge is 2.06. The Labute approximate surface area is 99.1 Å². The average Bonchev–Trinajstić information content (AvgIpc) is 2.24. The molecule has 1 aromatic heterocycles. The molecule has 0 aromatic carbocycles. The first-order valence-corrected chi connectivity index (χ1v) is 4.52. The molecule has 5 nitrogen and oxygen atoms in total. The van der Waals surface area contributed by atoms with Crippen LogP contribution in [0.4, 0.5) is 0 Å². The predicted molar refractivity (Wildman–Crippen MR) is 61.0 cm³/mol. The Morgan fingerprint density at radius 2 is 2.19 bits per heavy atom. The summed E-state index contributed by atoms with van der Waals surface area (Å²) in [5.41, 5.74) is 0.0354. The van der Waals surface area contributed by atoms with Crippen molar-refractivity contribution in [2.75, 3.05) is 7.11 Å². The third-order valence-corrected chi connectivity index (χ3v) is 2.20. The zero-order valence-corrected chi connectivity index (χ0v) is 9.91. The van der Waals surface area contributed by atoms with Crippen LogP contribution in [-0.4, -0.2) is 22.8 Å². The first kappa shape index (κ1) is 14.5. The fourth-order valence-corrected chi connectivity index (χ4v) is 1.22. The molecule has 0 atom stereocenters. The summed E-state index contributed by atoms with van der Waals surface area (Å²) in [5.74, 6) is -0.602. The number of aryl methyl sites for hydroxylation is 1. The van der Waals surface area contributed by atoms with Crippen molar-refractivity contribution in [2.24, 2.45) is 0 Å². The van der Waals surface area contributed by atoms with E-state index in [1.54, 1.807) is 17.7 Å². The van der Waals surface area contributed by atoms with Crippen LogP contribution in [-0.2, 0) is 16.1 Å². The smallest absolute Gasteiger partial charge is 0.307 e. The molecule has 16 heavy (non-hydrogen) atoms. The van der Waals surface area contributed by atoms with Crippen LogP contribution in [0.1, 0.15) is 12.1 Å². The van der Waals surface area contributed by atoms with Crippen molar-refractivity contribution in [3.8, 4) is 5.75 Å². The van der Waals surface area contributed by atoms with Gasteiger partial charge in [0.15, 0.2) is 5.75 Å². The van der Waals surface area contributed by atoms with Crippen LogP contribution in [0, 0.1) is 6.92 Å². The summed E-state index contributed by atoms with van der Waals surface area (Å²) in [5, 5.41) is 9.36. The lowest BCUT2D eigenvalue weighted by molar-refractivity contribution is -0.140. The Kier molecular flexibility index (Phi) is 5.60. The van der Waals surface area contributed by atoms with Crippen LogP contribution in [0.2, 0.25) is 0 Å². The number of esters is 1. The summed E-state index contributed by atoms with van der Waals surface area (Å²) in [6, 6.07) is 1.26. The number of pyridine rings is 1. The molecule has 0 radical (unpaired) electrons. The van der Waals surface area contributed by atoms with E-state index in [1.807, 2.05) is 0 Å². The van der Waals surface area contributed by atoms with Crippen molar-refractivity contribution in [2.45, 2.75) is 19.9 Å². The second-order valence-electron chi connectivity index (χ2n) is 3.13. The van der Waals surface area contributed by atoms with E-state index in [4.69, 9.17) is 0 Å². The average molecular weight is 248 g/mol. The molecule has 0 aliphatic carbocycles. The van der Waals surface area contributed by atoms with Crippen molar-refractivity contribution >= 4 is 18.4 Å². The first-order chi connectivity index (χ1) is 7.06. The largest absolute Gasteiger partial charge is 0.503 e. The number of aromatic hydroxyl groups is 1. The molecule has 0 aliphatic rings. The standard InChI is InChI=1S/C10H13NO4.ClH/c1-7-10(14)8(12)3-5-11(7)6-4-9(13)15-2;/h3,5,14H,4,6H2,1-2H3;1H. The molecule has 0 bridgehead atoms. The molecule has 0 amide bonds. The Hall–Kier alpha value is -1.49. The monoisotopic (exact) mass is 247 g/mol. The second-order valence-corrected chi connectivity index (χ2v) is 3.13. The van der Waals surface area contributed by atoms with Gasteiger partial charge in [-0.15, -0.1) is 12.4 Å². The minimum Gasteiger partial charge on any atom is -0.503 e. The van der Waals surface area contributed by atoms with Crippen LogP contribution >= 0.6 is 12.4 Å². The number of methoxy groups -OCH3 is 1. The van der Waals surface area contributed by atoms with Crippen LogP contribution in [0.5, 0.6) is 5.75 Å². The topological polar surface area (TPSA) is 68.5 Å². The molecule has 0 aliphatic heterocycles. The number of hydrogen-bond acceptors (Lipinski definition) is 4. The van der Waals surface area contributed by atoms with Crippen molar-refractivity contribution in [1.29, 1.82) is 0 Å². The lowest BCUT2D eigenvalue weighted by atomic mass is 10.3. The number of rotatable bonds is 3. The van der Waals surface area contributed by atoms with E-state index in [-0.39, 0.29) is 30.5 Å². The van der Waals surface area contributed by atoms with E-state index < -0.39 is 5.43 Å². The van der Waals surface area contributed by atoms with Gasteiger partial charge in [-0.05, 0) is 6.92 Å². The zero-order valence-electron chi connectivity index (χ0n) is 9.10. The van der Waals surface area contributed by atoms with Crippen molar-refractivity contribution in [3.63, 3.8) is 0 Å². The number of carbonyl (C=O) groups is 1. The van der Waals surface area contributed by atoms with Gasteiger partial charge in [0.05, 0.1) is 19.2 Å². The fraction of sp³-hybridized carbons (Fsp3) is 0.400. The third kappa shape index (κ3) is 3.27. The lowest BCUT2D eigenvalue weighted by Gasteiger charge is -2.10. The van der Waals surface area contributed by atoms with Gasteiger partial charge in [0.2, 0.25) is 5.43 Å². The van der Waals surface area contributed by atoms with Crippen molar-refractivity contribution < 1.29 is 14.6 Å². The SMILES string of the molecule is COC(=O)CCn1ccc(=O)c(O)c1C.Cl. The summed E-state index contributed by atoms with van der Waals surface area (Å²) in [6.07, 6.45) is 1.75. The van der Waals surface area contributed by atoms with Gasteiger partial charge < -0.3 is 14.4 Å². The van der Waals surface area contributed by atoms with Gasteiger partial charge in [0.25, 0.3) is 0 Å². The van der Waals surface area contributed by atoms with Crippen LogP contribution in [0.25, 0.3) is 0 Å². The number of carbonyl (C=O) groups excluding carboxylic acids is 1. The van der Waals surface area contributed by atoms with Gasteiger partial charge in [-0.25, -0.2) is 0 Å². The number of halogens is 1. The first-order valence-electron chi connectivity index (χ1n) is 4.52. The van der Waals surface area contributed by atoms with E-state index in [2.05, 4.69) is 4.74 Å². The van der Waals surface area contributed by atoms with Crippen molar-refractivity contribution in [3.05, 3.63) is 28.2 Å². The summed E-state index contributed by atoms with van der Waals surface area (Å²) in [4.78, 5) is 21.9. The highest BCUT2D eigenvalue weighted by molar-refractivity contribution is 5.85. The van der Waals surface area contributed by atoms with E-state index in [1.165, 1.54) is 13.2 Å². The Bertz CT molecular complexity index is 427. The van der Waals surface area contributed by atoms with E-state index in [0.717, 1.165) is 0 Å². The quantitative estimate of drug-likeness (QED) is 0.804. The van der Waals surface area contributed by atoms with Crippen LogP contribution < -0.4 is 5.43 Å². The number of hydrogen-bond donors (Lipinski definition) is 1. The zero-order chi connectivity index (χ0) is 11.4. The van der Waals surface area contributed by atoms with Crippen molar-refractivity contribution in [1.82, 2.24) is 4.57 Å². The number of nitrogens with zero attached hydrogens (tertiary/aromatic N) is 1. The van der Waals surface area contributed by atoms with Gasteiger partial charge in [-0.2, -0.15) is 0 Å². The van der Waals surface area contributed by atoms with E-state index in [0.29, 0.717) is 12.2 Å². The molecule has 0 saturated carbocycles. The minimum absolute atomic E-state index is 0. The Balaban J connectivity index is 0.00000225. The maximum Gasteiger partial charge on any atom is 0.307 e. The predicted octanol–water partition coefficient (Wildman–Crippen LogP) is 0.847. The highest BCUT2D eigenvalue weighted by Crippen LogP contribution is 2.09. The molecule has 0 unspecified atom stereocenters. The normalized spacial score (nSPS) is 9.38. The van der Waals surface area contributed by atoms with Gasteiger partial charge >= 0.3 is 5.97 Å². The molecule has 1 aromatic rings. The molecule has 1 N–H and O–H groups in total. The Morgan fingerprint density at radius 3 is 2.75 bits per heavy atom. The second kappa shape index (κ2) is 6.17. The van der Waals surface area contributed by atoms with Gasteiger partial charge in [0, 0.05) is 18.8 Å². The molecule has 90 valence electrons. The van der Waals surface area contributed by atoms with Gasteiger partial charge in [0.1, 0.15) is 0 Å². The Morgan fingerprint density at radius 1 is 1.56 bits per heavy atom. The molecule has 0 fully saturated rings. The van der Waals surface area contributed by atoms with E-state index >= 15 is 0 Å². The summed E-state index contributed by atoms with van der Waals surface area (Å²) < 4.78 is 6.12. The van der Waals surface area contributed by atoms with Crippen LogP contribution in [0.3, 0.4) is 0 Å². The maximum atomic E-state index is 11.0. The highest BCUT2D eigenvalue weighted by atomic mass is 35.5. The maximum absolute atomic E-state index is 11.0. The molecular weight excluding hydrogens is 234 g/mol. The number of ether oxygens (including phenoxy) is 1. The lowest BCUT2D eigenvalue weighted by Crippen LogP contribution is -2.13. The van der Waals surface area contributed by atoms with Crippen LogP contribution in [0.15, 0.2) is 17.1 Å². The fourth-order valence-electron chi connectivity index (χ4n) is 1.22.